The largest absolute Gasteiger partial charge is 0.477 e. The Morgan fingerprint density at radius 3 is 2.88 bits per heavy atom. The maximum atomic E-state index is 5.49. The number of hydrogen-bond acceptors (Lipinski definition) is 4. The SMILES string of the molecule is C#CCCOc1cc(NCC)nc(CCC)n1. The fourth-order valence-corrected chi connectivity index (χ4v) is 1.37. The van der Waals surface area contributed by atoms with Crippen LogP contribution >= 0.6 is 0 Å². The molecule has 0 aliphatic heterocycles. The standard InChI is InChI=1S/C13H19N3O/c1-4-7-9-17-13-10-12(14-6-3)15-11(16-13)8-5-2/h1,10H,5-9H2,2-3H3,(H,14,15,16). The van der Waals surface area contributed by atoms with Gasteiger partial charge < -0.3 is 10.1 Å². The smallest absolute Gasteiger partial charge is 0.218 e. The van der Waals surface area contributed by atoms with E-state index in [1.54, 1.807) is 6.07 Å². The minimum atomic E-state index is 0.491. The molecular formula is C13H19N3O. The second-order valence-corrected chi connectivity index (χ2v) is 3.59. The van der Waals surface area contributed by atoms with Crippen molar-refractivity contribution in [1.29, 1.82) is 0 Å². The van der Waals surface area contributed by atoms with Crippen LogP contribution in [0.15, 0.2) is 6.07 Å². The lowest BCUT2D eigenvalue weighted by Gasteiger charge is -2.09. The Morgan fingerprint density at radius 2 is 2.24 bits per heavy atom. The van der Waals surface area contributed by atoms with Crippen molar-refractivity contribution in [2.75, 3.05) is 18.5 Å². The predicted octanol–water partition coefficient (Wildman–Crippen LogP) is 2.26. The highest BCUT2D eigenvalue weighted by Crippen LogP contribution is 2.14. The maximum absolute atomic E-state index is 5.49. The Bertz CT molecular complexity index is 360. The van der Waals surface area contributed by atoms with Gasteiger partial charge in [0.15, 0.2) is 0 Å². The van der Waals surface area contributed by atoms with Gasteiger partial charge in [-0.2, -0.15) is 4.98 Å². The molecule has 0 unspecified atom stereocenters. The summed E-state index contributed by atoms with van der Waals surface area (Å²) in [4.78, 5) is 8.73. The van der Waals surface area contributed by atoms with Crippen molar-refractivity contribution in [3.8, 4) is 18.2 Å². The molecule has 4 heteroatoms. The van der Waals surface area contributed by atoms with E-state index in [1.807, 2.05) is 6.92 Å². The van der Waals surface area contributed by atoms with E-state index in [2.05, 4.69) is 28.1 Å². The van der Waals surface area contributed by atoms with Gasteiger partial charge in [0.05, 0.1) is 0 Å². The molecule has 1 rings (SSSR count). The third kappa shape index (κ3) is 4.73. The first-order valence-corrected chi connectivity index (χ1v) is 5.98. The van der Waals surface area contributed by atoms with E-state index in [0.717, 1.165) is 31.0 Å². The minimum Gasteiger partial charge on any atom is -0.477 e. The summed E-state index contributed by atoms with van der Waals surface area (Å²) in [5.74, 6) is 4.74. The van der Waals surface area contributed by atoms with Crippen LogP contribution in [0, 0.1) is 12.3 Å². The number of rotatable bonds is 7. The van der Waals surface area contributed by atoms with E-state index >= 15 is 0 Å². The van der Waals surface area contributed by atoms with Gasteiger partial charge in [-0.15, -0.1) is 12.3 Å². The van der Waals surface area contributed by atoms with Crippen LogP contribution in [0.1, 0.15) is 32.5 Å². The second kappa shape index (κ2) is 7.50. The fraction of sp³-hybridized carbons (Fsp3) is 0.538. The Labute approximate surface area is 103 Å². The zero-order chi connectivity index (χ0) is 12.5. The van der Waals surface area contributed by atoms with Crippen LogP contribution < -0.4 is 10.1 Å². The summed E-state index contributed by atoms with van der Waals surface area (Å²) in [6, 6.07) is 1.80. The molecule has 92 valence electrons. The van der Waals surface area contributed by atoms with Gasteiger partial charge in [-0.1, -0.05) is 6.92 Å². The van der Waals surface area contributed by atoms with Crippen LogP contribution in [0.4, 0.5) is 5.82 Å². The van der Waals surface area contributed by atoms with Crippen molar-refractivity contribution < 1.29 is 4.74 Å². The summed E-state index contributed by atoms with van der Waals surface area (Å²) in [5, 5.41) is 3.17. The zero-order valence-electron chi connectivity index (χ0n) is 10.5. The van der Waals surface area contributed by atoms with Gasteiger partial charge in [0.25, 0.3) is 0 Å². The number of hydrogen-bond donors (Lipinski definition) is 1. The van der Waals surface area contributed by atoms with Gasteiger partial charge in [0, 0.05) is 25.5 Å². The molecule has 0 aromatic carbocycles. The lowest BCUT2D eigenvalue weighted by Crippen LogP contribution is -2.06. The third-order valence-corrected chi connectivity index (χ3v) is 2.08. The van der Waals surface area contributed by atoms with Crippen LogP contribution in [-0.4, -0.2) is 23.1 Å². The molecule has 4 nitrogen and oxygen atoms in total. The summed E-state index contributed by atoms with van der Waals surface area (Å²) in [7, 11) is 0. The van der Waals surface area contributed by atoms with E-state index in [4.69, 9.17) is 11.2 Å². The summed E-state index contributed by atoms with van der Waals surface area (Å²) in [6.07, 6.45) is 7.62. The van der Waals surface area contributed by atoms with Crippen molar-refractivity contribution in [1.82, 2.24) is 9.97 Å². The van der Waals surface area contributed by atoms with E-state index in [-0.39, 0.29) is 0 Å². The number of nitrogens with one attached hydrogen (secondary N) is 1. The first-order chi connectivity index (χ1) is 8.30. The van der Waals surface area contributed by atoms with E-state index in [0.29, 0.717) is 18.9 Å². The molecule has 0 spiro atoms. The molecule has 1 aromatic heterocycles. The molecule has 1 heterocycles. The van der Waals surface area contributed by atoms with E-state index in [1.165, 1.54) is 0 Å². The predicted molar refractivity (Wildman–Crippen MR) is 69.1 cm³/mol. The number of ether oxygens (including phenoxy) is 1. The Kier molecular flexibility index (Phi) is 5.87. The molecule has 0 atom stereocenters. The Hall–Kier alpha value is -1.76. The lowest BCUT2D eigenvalue weighted by atomic mass is 10.3. The fourth-order valence-electron chi connectivity index (χ4n) is 1.37. The molecule has 0 saturated carbocycles. The van der Waals surface area contributed by atoms with Gasteiger partial charge in [-0.05, 0) is 13.3 Å². The summed E-state index contributed by atoms with van der Waals surface area (Å²) in [6.45, 7) is 5.44. The van der Waals surface area contributed by atoms with Gasteiger partial charge in [-0.25, -0.2) is 4.98 Å². The van der Waals surface area contributed by atoms with Crippen molar-refractivity contribution in [3.63, 3.8) is 0 Å². The third-order valence-electron chi connectivity index (χ3n) is 2.08. The molecular weight excluding hydrogens is 214 g/mol. The number of terminal acetylenes is 1. The first kappa shape index (κ1) is 13.3. The highest BCUT2D eigenvalue weighted by atomic mass is 16.5. The molecule has 0 radical (unpaired) electrons. The normalized spacial score (nSPS) is 9.71. The quantitative estimate of drug-likeness (QED) is 0.579. The number of aromatic nitrogens is 2. The molecule has 1 aromatic rings. The molecule has 17 heavy (non-hydrogen) atoms. The number of aryl methyl sites for hydroxylation is 1. The first-order valence-electron chi connectivity index (χ1n) is 5.98. The Morgan fingerprint density at radius 1 is 1.41 bits per heavy atom. The molecule has 0 saturated heterocycles. The molecule has 1 N–H and O–H groups in total. The van der Waals surface area contributed by atoms with Gasteiger partial charge in [-0.3, -0.25) is 0 Å². The Balaban J connectivity index is 2.76. The van der Waals surface area contributed by atoms with Crippen LogP contribution in [0.5, 0.6) is 5.88 Å². The zero-order valence-corrected chi connectivity index (χ0v) is 10.5. The van der Waals surface area contributed by atoms with Crippen LogP contribution in [0.3, 0.4) is 0 Å². The maximum Gasteiger partial charge on any atom is 0.218 e. The van der Waals surface area contributed by atoms with Crippen LogP contribution in [0.2, 0.25) is 0 Å². The monoisotopic (exact) mass is 233 g/mol. The van der Waals surface area contributed by atoms with Crippen molar-refractivity contribution >= 4 is 5.82 Å². The number of anilines is 1. The summed E-state index contributed by atoms with van der Waals surface area (Å²) in [5.41, 5.74) is 0. The van der Waals surface area contributed by atoms with Gasteiger partial charge >= 0.3 is 0 Å². The topological polar surface area (TPSA) is 47.0 Å². The summed E-state index contributed by atoms with van der Waals surface area (Å²) >= 11 is 0. The molecule has 0 amide bonds. The highest BCUT2D eigenvalue weighted by molar-refractivity contribution is 5.38. The van der Waals surface area contributed by atoms with Crippen LogP contribution in [-0.2, 0) is 6.42 Å². The van der Waals surface area contributed by atoms with Gasteiger partial charge in [0.1, 0.15) is 18.2 Å². The van der Waals surface area contributed by atoms with Gasteiger partial charge in [0.2, 0.25) is 5.88 Å². The number of nitrogens with zero attached hydrogens (tertiary/aromatic N) is 2. The minimum absolute atomic E-state index is 0.491. The van der Waals surface area contributed by atoms with Crippen molar-refractivity contribution in [2.24, 2.45) is 0 Å². The molecule has 0 aliphatic rings. The average Bonchev–Trinajstić information content (AvgIpc) is 2.30. The lowest BCUT2D eigenvalue weighted by molar-refractivity contribution is 0.313. The van der Waals surface area contributed by atoms with Crippen molar-refractivity contribution in [2.45, 2.75) is 33.1 Å². The van der Waals surface area contributed by atoms with Crippen LogP contribution in [0.25, 0.3) is 0 Å². The highest BCUT2D eigenvalue weighted by Gasteiger charge is 2.04. The average molecular weight is 233 g/mol. The van der Waals surface area contributed by atoms with Crippen molar-refractivity contribution in [3.05, 3.63) is 11.9 Å². The second-order valence-electron chi connectivity index (χ2n) is 3.59. The molecule has 0 bridgehead atoms. The summed E-state index contributed by atoms with van der Waals surface area (Å²) < 4.78 is 5.49. The molecule has 0 fully saturated rings. The van der Waals surface area contributed by atoms with E-state index < -0.39 is 0 Å². The molecule has 0 aliphatic carbocycles. The van der Waals surface area contributed by atoms with E-state index in [9.17, 15) is 0 Å².